The Hall–Kier alpha value is -1.72. The van der Waals surface area contributed by atoms with Gasteiger partial charge in [-0.1, -0.05) is 91.4 Å². The lowest BCUT2D eigenvalue weighted by molar-refractivity contribution is 0.448. The van der Waals surface area contributed by atoms with Crippen LogP contribution in [0, 0.1) is 0 Å². The number of hydrogen-bond donors (Lipinski definition) is 1. The topological polar surface area (TPSA) is 55.1 Å². The Morgan fingerprint density at radius 2 is 1.52 bits per heavy atom. The van der Waals surface area contributed by atoms with Crippen molar-refractivity contribution in [1.82, 2.24) is 9.55 Å². The zero-order valence-electron chi connectivity index (χ0n) is 15.9. The summed E-state index contributed by atoms with van der Waals surface area (Å²) in [6.07, 6.45) is 0. The van der Waals surface area contributed by atoms with Gasteiger partial charge in [-0.15, -0.1) is 0 Å². The molecule has 29 heavy (non-hydrogen) atoms. The molecule has 0 amide bonds. The zero-order chi connectivity index (χ0) is 21.5. The molecule has 0 saturated heterocycles. The second-order valence-electron chi connectivity index (χ2n) is 7.65. The molecular formula is C21H18Cl4N2O2. The molecule has 4 nitrogen and oxygen atoms in total. The van der Waals surface area contributed by atoms with Crippen molar-refractivity contribution in [3.8, 4) is 17.3 Å². The molecular weight excluding hydrogens is 454 g/mol. The van der Waals surface area contributed by atoms with Crippen molar-refractivity contribution >= 4 is 46.4 Å². The molecule has 1 aromatic heterocycles. The molecule has 0 aliphatic heterocycles. The number of aromatic nitrogens is 2. The van der Waals surface area contributed by atoms with E-state index in [1.54, 1.807) is 0 Å². The molecule has 0 unspecified atom stereocenters. The fraction of sp³-hybridized carbons (Fsp3) is 0.238. The summed E-state index contributed by atoms with van der Waals surface area (Å²) < 4.78 is 1.37. The lowest BCUT2D eigenvalue weighted by Gasteiger charge is -2.20. The molecule has 0 aliphatic rings. The molecule has 1 N–H and O–H groups in total. The van der Waals surface area contributed by atoms with E-state index < -0.39 is 11.4 Å². The minimum atomic E-state index is -0.462. The number of halogens is 4. The van der Waals surface area contributed by atoms with E-state index in [4.69, 9.17) is 46.4 Å². The van der Waals surface area contributed by atoms with Crippen molar-refractivity contribution in [2.24, 2.45) is 0 Å². The summed E-state index contributed by atoms with van der Waals surface area (Å²) in [5.41, 5.74) is 1.78. The molecule has 152 valence electrons. The maximum absolute atomic E-state index is 12.7. The lowest BCUT2D eigenvalue weighted by Crippen LogP contribution is -2.23. The highest BCUT2D eigenvalue weighted by Crippen LogP contribution is 2.42. The molecule has 0 atom stereocenters. The Balaban J connectivity index is 2.17. The van der Waals surface area contributed by atoms with Crippen LogP contribution in [0.15, 0.2) is 41.2 Å². The van der Waals surface area contributed by atoms with Crippen LogP contribution < -0.4 is 5.56 Å². The molecule has 0 radical (unpaired) electrons. The fourth-order valence-electron chi connectivity index (χ4n) is 2.90. The Morgan fingerprint density at radius 3 is 2.03 bits per heavy atom. The van der Waals surface area contributed by atoms with Gasteiger partial charge in [-0.2, -0.15) is 4.98 Å². The number of benzene rings is 2. The number of nitrogens with zero attached hydrogens (tertiary/aromatic N) is 2. The molecule has 2 aromatic carbocycles. The first-order valence-electron chi connectivity index (χ1n) is 8.72. The second-order valence-corrected chi connectivity index (χ2v) is 9.22. The maximum atomic E-state index is 12.7. The van der Waals surface area contributed by atoms with Crippen molar-refractivity contribution in [1.29, 1.82) is 0 Å². The molecule has 8 heteroatoms. The second kappa shape index (κ2) is 8.19. The largest absolute Gasteiger partial charge is 0.493 e. The summed E-state index contributed by atoms with van der Waals surface area (Å²) in [4.78, 5) is 16.8. The van der Waals surface area contributed by atoms with Crippen LogP contribution in [0.2, 0.25) is 20.1 Å². The van der Waals surface area contributed by atoms with Crippen LogP contribution in [0.5, 0.6) is 5.88 Å². The van der Waals surface area contributed by atoms with Gasteiger partial charge in [0.25, 0.3) is 5.56 Å². The summed E-state index contributed by atoms with van der Waals surface area (Å²) in [6, 6.07) is 10.4. The summed E-state index contributed by atoms with van der Waals surface area (Å²) >= 11 is 25.0. The molecule has 0 bridgehead atoms. The monoisotopic (exact) mass is 470 g/mol. The summed E-state index contributed by atoms with van der Waals surface area (Å²) in [6.45, 7) is 6.58. The van der Waals surface area contributed by atoms with Crippen LogP contribution in [0.25, 0.3) is 11.4 Å². The Labute approximate surface area is 188 Å². The van der Waals surface area contributed by atoms with E-state index in [1.807, 2.05) is 24.3 Å². The quantitative estimate of drug-likeness (QED) is 0.439. The van der Waals surface area contributed by atoms with Gasteiger partial charge in [0, 0.05) is 0 Å². The predicted octanol–water partition coefficient (Wildman–Crippen LogP) is 6.58. The van der Waals surface area contributed by atoms with Crippen molar-refractivity contribution < 1.29 is 5.11 Å². The van der Waals surface area contributed by atoms with Crippen LogP contribution in [-0.4, -0.2) is 14.7 Å². The average molecular weight is 472 g/mol. The lowest BCUT2D eigenvalue weighted by atomic mass is 9.87. The van der Waals surface area contributed by atoms with Gasteiger partial charge in [-0.3, -0.25) is 9.36 Å². The van der Waals surface area contributed by atoms with E-state index in [1.165, 1.54) is 16.2 Å². The number of aromatic hydroxyl groups is 1. The third-order valence-corrected chi connectivity index (χ3v) is 6.07. The van der Waals surface area contributed by atoms with Gasteiger partial charge in [0.2, 0.25) is 5.88 Å². The minimum absolute atomic E-state index is 0.0131. The molecule has 3 aromatic rings. The molecule has 0 saturated carbocycles. The van der Waals surface area contributed by atoms with Crippen molar-refractivity contribution in [3.05, 3.63) is 78.0 Å². The first-order chi connectivity index (χ1) is 13.5. The minimum Gasteiger partial charge on any atom is -0.493 e. The SMILES string of the molecule is CC(C)(C)c1ccc(Cn2c(-c3c(Cl)c(Cl)cc(Cl)c3Cl)nc(O)cc2=O)cc1. The van der Waals surface area contributed by atoms with Crippen LogP contribution in [-0.2, 0) is 12.0 Å². The van der Waals surface area contributed by atoms with Crippen LogP contribution in [0.3, 0.4) is 0 Å². The number of hydrogen-bond acceptors (Lipinski definition) is 3. The van der Waals surface area contributed by atoms with Crippen molar-refractivity contribution in [3.63, 3.8) is 0 Å². The van der Waals surface area contributed by atoms with Gasteiger partial charge >= 0.3 is 0 Å². The number of rotatable bonds is 3. The third kappa shape index (κ3) is 4.56. The van der Waals surface area contributed by atoms with Gasteiger partial charge in [-0.25, -0.2) is 0 Å². The average Bonchev–Trinajstić information content (AvgIpc) is 2.62. The molecule has 0 fully saturated rings. The van der Waals surface area contributed by atoms with Crippen LogP contribution in [0.4, 0.5) is 0 Å². The molecule has 1 heterocycles. The van der Waals surface area contributed by atoms with Crippen LogP contribution in [0.1, 0.15) is 31.9 Å². The van der Waals surface area contributed by atoms with E-state index >= 15 is 0 Å². The van der Waals surface area contributed by atoms with Gasteiger partial charge in [0.15, 0.2) is 0 Å². The highest BCUT2D eigenvalue weighted by Gasteiger charge is 2.22. The standard InChI is InChI=1S/C21H18Cl4N2O2/c1-21(2,3)12-6-4-11(5-7-12)10-27-16(29)9-15(28)26-20(27)17-18(24)13(22)8-14(23)19(17)25/h4-9,28H,10H2,1-3H3. The molecule has 0 aliphatic carbocycles. The predicted molar refractivity (Wildman–Crippen MR) is 120 cm³/mol. The summed E-state index contributed by atoms with van der Waals surface area (Å²) in [5, 5.41) is 10.4. The van der Waals surface area contributed by atoms with Crippen molar-refractivity contribution in [2.75, 3.05) is 0 Å². The summed E-state index contributed by atoms with van der Waals surface area (Å²) in [5.74, 6) is -0.373. The summed E-state index contributed by atoms with van der Waals surface area (Å²) in [7, 11) is 0. The van der Waals surface area contributed by atoms with E-state index in [0.717, 1.165) is 11.6 Å². The van der Waals surface area contributed by atoms with Gasteiger partial charge in [-0.05, 0) is 22.6 Å². The first-order valence-corrected chi connectivity index (χ1v) is 10.2. The van der Waals surface area contributed by atoms with Crippen LogP contribution >= 0.6 is 46.4 Å². The molecule has 0 spiro atoms. The Bertz CT molecular complexity index is 1110. The maximum Gasteiger partial charge on any atom is 0.257 e. The van der Waals surface area contributed by atoms with E-state index in [0.29, 0.717) is 0 Å². The fourth-order valence-corrected chi connectivity index (χ4v) is 3.88. The Kier molecular flexibility index (Phi) is 6.21. The van der Waals surface area contributed by atoms with Gasteiger partial charge in [0.05, 0.1) is 38.3 Å². The Morgan fingerprint density at radius 1 is 0.966 bits per heavy atom. The highest BCUT2D eigenvalue weighted by atomic mass is 35.5. The van der Waals surface area contributed by atoms with E-state index in [9.17, 15) is 9.90 Å². The van der Waals surface area contributed by atoms with E-state index in [-0.39, 0.29) is 43.4 Å². The van der Waals surface area contributed by atoms with Gasteiger partial charge in [0.1, 0.15) is 5.82 Å². The molecule has 3 rings (SSSR count). The van der Waals surface area contributed by atoms with E-state index in [2.05, 4.69) is 25.8 Å². The third-order valence-electron chi connectivity index (χ3n) is 4.49. The van der Waals surface area contributed by atoms with Crippen molar-refractivity contribution in [2.45, 2.75) is 32.7 Å². The normalized spacial score (nSPS) is 11.7. The highest BCUT2D eigenvalue weighted by molar-refractivity contribution is 6.49. The first kappa shape index (κ1) is 22.0. The smallest absolute Gasteiger partial charge is 0.257 e. The van der Waals surface area contributed by atoms with Gasteiger partial charge < -0.3 is 5.11 Å². The zero-order valence-corrected chi connectivity index (χ0v) is 19.0.